The predicted molar refractivity (Wildman–Crippen MR) is 64.3 cm³/mol. The minimum Gasteiger partial charge on any atom is -0.465 e. The van der Waals surface area contributed by atoms with Crippen molar-refractivity contribution in [3.8, 4) is 0 Å². The molecule has 0 saturated carbocycles. The Morgan fingerprint density at radius 2 is 2.22 bits per heavy atom. The van der Waals surface area contributed by atoms with Crippen molar-refractivity contribution >= 4 is 11.6 Å². The molecule has 0 aromatic carbocycles. The van der Waals surface area contributed by atoms with E-state index in [1.807, 2.05) is 6.92 Å². The van der Waals surface area contributed by atoms with Crippen molar-refractivity contribution in [1.29, 1.82) is 0 Å². The van der Waals surface area contributed by atoms with Crippen molar-refractivity contribution < 1.29 is 14.3 Å². The minimum atomic E-state index is -0.383. The lowest BCUT2D eigenvalue weighted by atomic mass is 10.3. The van der Waals surface area contributed by atoms with Crippen LogP contribution in [0.3, 0.4) is 0 Å². The zero-order chi connectivity index (χ0) is 13.0. The van der Waals surface area contributed by atoms with Crippen LogP contribution in [0.2, 0.25) is 0 Å². The molecular weight excluding hydrogens is 234 g/mol. The van der Waals surface area contributed by atoms with Gasteiger partial charge in [0.05, 0.1) is 12.7 Å². The molecule has 0 aliphatic carbocycles. The molecule has 0 aliphatic rings. The fourth-order valence-corrected chi connectivity index (χ4v) is 1.58. The lowest BCUT2D eigenvalue weighted by Crippen LogP contribution is -2.05. The number of esters is 1. The number of fused-ring (bicyclic) bond motifs is 1. The third-order valence-corrected chi connectivity index (χ3v) is 2.47. The maximum atomic E-state index is 11.4. The van der Waals surface area contributed by atoms with Gasteiger partial charge in [0, 0.05) is 12.8 Å². The lowest BCUT2D eigenvalue weighted by molar-refractivity contribution is 0.0600. The summed E-state index contributed by atoms with van der Waals surface area (Å²) in [5.74, 6) is 0.287. The summed E-state index contributed by atoms with van der Waals surface area (Å²) < 4.78 is 11.8. The molecule has 6 heteroatoms. The fraction of sp³-hybridized carbons (Fsp3) is 0.417. The third kappa shape index (κ3) is 2.48. The highest BCUT2D eigenvalue weighted by atomic mass is 16.5. The average Bonchev–Trinajstić information content (AvgIpc) is 2.81. The molecule has 0 atom stereocenters. The lowest BCUT2D eigenvalue weighted by Gasteiger charge is -2.03. The van der Waals surface area contributed by atoms with Crippen LogP contribution in [0.1, 0.15) is 29.5 Å². The maximum absolute atomic E-state index is 11.4. The van der Waals surface area contributed by atoms with Crippen molar-refractivity contribution in [2.75, 3.05) is 13.7 Å². The van der Waals surface area contributed by atoms with E-state index in [4.69, 9.17) is 4.74 Å². The van der Waals surface area contributed by atoms with E-state index in [-0.39, 0.29) is 5.97 Å². The van der Waals surface area contributed by atoms with Crippen LogP contribution in [-0.4, -0.2) is 34.3 Å². The van der Waals surface area contributed by atoms with E-state index in [2.05, 4.69) is 14.9 Å². The number of carbonyl (C=O) groups is 1. The van der Waals surface area contributed by atoms with E-state index in [1.165, 1.54) is 7.11 Å². The van der Waals surface area contributed by atoms with Crippen molar-refractivity contribution in [3.05, 3.63) is 29.7 Å². The molecule has 2 aromatic rings. The molecule has 0 spiro atoms. The summed E-state index contributed by atoms with van der Waals surface area (Å²) in [7, 11) is 1.35. The molecular formula is C12H15N3O3. The third-order valence-electron chi connectivity index (χ3n) is 2.47. The highest BCUT2D eigenvalue weighted by Crippen LogP contribution is 2.09. The smallest absolute Gasteiger partial charge is 0.339 e. The standard InChI is InChI=1S/C12H15N3O3/c1-3-6-18-8-11-14-13-10-5-4-9(7-15(10)11)12(16)17-2/h4-5,7H,3,6,8H2,1-2H3. The normalized spacial score (nSPS) is 10.8. The molecule has 0 unspecified atom stereocenters. The zero-order valence-corrected chi connectivity index (χ0v) is 10.4. The molecule has 0 N–H and O–H groups in total. The van der Waals surface area contributed by atoms with E-state index in [0.717, 1.165) is 6.42 Å². The quantitative estimate of drug-likeness (QED) is 0.592. The van der Waals surface area contributed by atoms with Gasteiger partial charge in [0.15, 0.2) is 11.5 Å². The first-order chi connectivity index (χ1) is 8.76. The highest BCUT2D eigenvalue weighted by Gasteiger charge is 2.10. The number of pyridine rings is 1. The first-order valence-electron chi connectivity index (χ1n) is 5.76. The van der Waals surface area contributed by atoms with Gasteiger partial charge in [-0.3, -0.25) is 4.40 Å². The molecule has 2 rings (SSSR count). The van der Waals surface area contributed by atoms with E-state index in [0.29, 0.717) is 30.2 Å². The van der Waals surface area contributed by atoms with Gasteiger partial charge in [-0.15, -0.1) is 10.2 Å². The Morgan fingerprint density at radius 1 is 1.39 bits per heavy atom. The Labute approximate surface area is 105 Å². The summed E-state index contributed by atoms with van der Waals surface area (Å²) in [5, 5.41) is 8.03. The van der Waals surface area contributed by atoms with Crippen LogP contribution < -0.4 is 0 Å². The molecule has 2 aromatic heterocycles. The van der Waals surface area contributed by atoms with E-state index in [9.17, 15) is 4.79 Å². The fourth-order valence-electron chi connectivity index (χ4n) is 1.58. The Bertz CT molecular complexity index is 550. The van der Waals surface area contributed by atoms with E-state index >= 15 is 0 Å². The second-order valence-corrected chi connectivity index (χ2v) is 3.81. The number of ether oxygens (including phenoxy) is 2. The van der Waals surface area contributed by atoms with Gasteiger partial charge in [0.2, 0.25) is 0 Å². The summed E-state index contributed by atoms with van der Waals surface area (Å²) in [4.78, 5) is 11.4. The van der Waals surface area contributed by atoms with Crippen molar-refractivity contribution in [1.82, 2.24) is 14.6 Å². The number of hydrogen-bond acceptors (Lipinski definition) is 5. The molecule has 0 bridgehead atoms. The first-order valence-corrected chi connectivity index (χ1v) is 5.76. The van der Waals surface area contributed by atoms with Crippen molar-refractivity contribution in [2.45, 2.75) is 20.0 Å². The van der Waals surface area contributed by atoms with Gasteiger partial charge >= 0.3 is 5.97 Å². The van der Waals surface area contributed by atoms with Crippen LogP contribution in [0.5, 0.6) is 0 Å². The summed E-state index contributed by atoms with van der Waals surface area (Å²) in [6.45, 7) is 3.09. The van der Waals surface area contributed by atoms with Gasteiger partial charge in [-0.2, -0.15) is 0 Å². The van der Waals surface area contributed by atoms with Crippen LogP contribution in [0.25, 0.3) is 5.65 Å². The first kappa shape index (κ1) is 12.5. The Morgan fingerprint density at radius 3 is 2.94 bits per heavy atom. The maximum Gasteiger partial charge on any atom is 0.339 e. The SMILES string of the molecule is CCCOCc1nnc2ccc(C(=O)OC)cn12. The van der Waals surface area contributed by atoms with Gasteiger partial charge < -0.3 is 9.47 Å². The van der Waals surface area contributed by atoms with Crippen LogP contribution >= 0.6 is 0 Å². The van der Waals surface area contributed by atoms with Crippen molar-refractivity contribution in [3.63, 3.8) is 0 Å². The topological polar surface area (TPSA) is 65.7 Å². The molecule has 2 heterocycles. The second kappa shape index (κ2) is 5.59. The molecule has 0 saturated heterocycles. The number of carbonyl (C=O) groups excluding carboxylic acids is 1. The van der Waals surface area contributed by atoms with Crippen LogP contribution in [0.4, 0.5) is 0 Å². The number of hydrogen-bond donors (Lipinski definition) is 0. The van der Waals surface area contributed by atoms with Crippen LogP contribution in [-0.2, 0) is 16.1 Å². The molecule has 18 heavy (non-hydrogen) atoms. The summed E-state index contributed by atoms with van der Waals surface area (Å²) in [6.07, 6.45) is 2.61. The molecule has 6 nitrogen and oxygen atoms in total. The zero-order valence-electron chi connectivity index (χ0n) is 10.4. The number of rotatable bonds is 5. The minimum absolute atomic E-state index is 0.375. The Hall–Kier alpha value is -1.95. The van der Waals surface area contributed by atoms with E-state index < -0.39 is 0 Å². The van der Waals surface area contributed by atoms with Gasteiger partial charge in [-0.25, -0.2) is 4.79 Å². The second-order valence-electron chi connectivity index (χ2n) is 3.81. The summed E-state index contributed by atoms with van der Waals surface area (Å²) in [6, 6.07) is 3.38. The highest BCUT2D eigenvalue weighted by molar-refractivity contribution is 5.89. The monoisotopic (exact) mass is 249 g/mol. The van der Waals surface area contributed by atoms with Gasteiger partial charge in [-0.05, 0) is 18.6 Å². The number of nitrogens with zero attached hydrogens (tertiary/aromatic N) is 3. The van der Waals surface area contributed by atoms with Crippen LogP contribution in [0, 0.1) is 0 Å². The summed E-state index contributed by atoms with van der Waals surface area (Å²) >= 11 is 0. The molecule has 0 radical (unpaired) electrons. The Kier molecular flexibility index (Phi) is 3.88. The van der Waals surface area contributed by atoms with Crippen molar-refractivity contribution in [2.24, 2.45) is 0 Å². The largest absolute Gasteiger partial charge is 0.465 e. The molecule has 96 valence electrons. The molecule has 0 aliphatic heterocycles. The predicted octanol–water partition coefficient (Wildman–Crippen LogP) is 1.44. The molecule has 0 fully saturated rings. The number of aromatic nitrogens is 3. The number of methoxy groups -OCH3 is 1. The van der Waals surface area contributed by atoms with Crippen LogP contribution in [0.15, 0.2) is 18.3 Å². The Balaban J connectivity index is 2.28. The van der Waals surface area contributed by atoms with Gasteiger partial charge in [-0.1, -0.05) is 6.92 Å². The van der Waals surface area contributed by atoms with Gasteiger partial charge in [0.25, 0.3) is 0 Å². The summed E-state index contributed by atoms with van der Waals surface area (Å²) in [5.41, 5.74) is 1.14. The van der Waals surface area contributed by atoms with E-state index in [1.54, 1.807) is 22.7 Å². The van der Waals surface area contributed by atoms with Gasteiger partial charge in [0.1, 0.15) is 6.61 Å². The molecule has 0 amide bonds. The average molecular weight is 249 g/mol.